The van der Waals surface area contributed by atoms with Crippen LogP contribution in [0.25, 0.3) is 0 Å². The predicted molar refractivity (Wildman–Crippen MR) is 67.1 cm³/mol. The van der Waals surface area contributed by atoms with E-state index in [4.69, 9.17) is 9.52 Å². The molecule has 0 aromatic carbocycles. The van der Waals surface area contributed by atoms with Crippen molar-refractivity contribution in [3.8, 4) is 0 Å². The first-order chi connectivity index (χ1) is 9.45. The number of carbonyl (C=O) groups excluding carboxylic acids is 2. The van der Waals surface area contributed by atoms with Gasteiger partial charge in [-0.25, -0.2) is 4.79 Å². The topological polar surface area (TPSA) is 118 Å². The quantitative estimate of drug-likeness (QED) is 0.628. The molecule has 2 atom stereocenters. The minimum Gasteiger partial charge on any atom is -0.479 e. The van der Waals surface area contributed by atoms with Crippen LogP contribution < -0.4 is 10.6 Å². The Balaban J connectivity index is 2.43. The van der Waals surface area contributed by atoms with Crippen LogP contribution in [0.2, 0.25) is 0 Å². The maximum atomic E-state index is 11.7. The van der Waals surface area contributed by atoms with Crippen LogP contribution in [0.3, 0.4) is 0 Å². The number of nitrogens with one attached hydrogen (secondary N) is 2. The van der Waals surface area contributed by atoms with Gasteiger partial charge in [0.25, 0.3) is 5.91 Å². The lowest BCUT2D eigenvalue weighted by Gasteiger charge is -2.15. The molecule has 0 aliphatic heterocycles. The van der Waals surface area contributed by atoms with Crippen molar-refractivity contribution >= 4 is 17.8 Å². The number of carboxylic acids is 1. The second-order valence-corrected chi connectivity index (χ2v) is 3.98. The Hall–Kier alpha value is -2.35. The van der Waals surface area contributed by atoms with E-state index in [1.54, 1.807) is 6.07 Å². The van der Waals surface area contributed by atoms with Gasteiger partial charge in [0.15, 0.2) is 11.9 Å². The van der Waals surface area contributed by atoms with Crippen molar-refractivity contribution in [2.45, 2.75) is 19.1 Å². The summed E-state index contributed by atoms with van der Waals surface area (Å²) in [6.45, 7) is 1.28. The van der Waals surface area contributed by atoms with Gasteiger partial charge in [-0.3, -0.25) is 9.59 Å². The molecule has 8 nitrogen and oxygen atoms in total. The Morgan fingerprint density at radius 2 is 2.15 bits per heavy atom. The highest BCUT2D eigenvalue weighted by Gasteiger charge is 2.21. The molecule has 2 amide bonds. The van der Waals surface area contributed by atoms with Gasteiger partial charge >= 0.3 is 5.97 Å². The fourth-order valence-corrected chi connectivity index (χ4v) is 1.36. The summed E-state index contributed by atoms with van der Waals surface area (Å²) in [6.07, 6.45) is 0.210. The van der Waals surface area contributed by atoms with E-state index in [0.717, 1.165) is 0 Å². The molecule has 0 radical (unpaired) electrons. The van der Waals surface area contributed by atoms with Gasteiger partial charge in [0.2, 0.25) is 5.91 Å². The number of ether oxygens (including phenoxy) is 1. The highest BCUT2D eigenvalue weighted by molar-refractivity contribution is 5.95. The van der Waals surface area contributed by atoms with Crippen molar-refractivity contribution in [2.24, 2.45) is 0 Å². The monoisotopic (exact) mass is 284 g/mol. The summed E-state index contributed by atoms with van der Waals surface area (Å²) in [5.74, 6) is -2.14. The predicted octanol–water partition coefficient (Wildman–Crippen LogP) is -0.386. The first-order valence-electron chi connectivity index (χ1n) is 5.83. The molecule has 0 bridgehead atoms. The van der Waals surface area contributed by atoms with Crippen LogP contribution in [0.15, 0.2) is 22.8 Å². The summed E-state index contributed by atoms with van der Waals surface area (Å²) in [5, 5.41) is 13.5. The Morgan fingerprint density at radius 1 is 1.45 bits per heavy atom. The van der Waals surface area contributed by atoms with Crippen molar-refractivity contribution in [3.05, 3.63) is 24.2 Å². The van der Waals surface area contributed by atoms with Crippen LogP contribution in [0.1, 0.15) is 17.5 Å². The standard InChI is InChI=1S/C12H16N2O6/c1-7(14-11(16)8-4-3-5-20-8)10(15)13-6-9(19-2)12(17)18/h3-5,7,9H,6H2,1-2H3,(H,13,15)(H,14,16)(H,17,18). The molecule has 0 saturated carbocycles. The normalized spacial score (nSPS) is 13.3. The summed E-state index contributed by atoms with van der Waals surface area (Å²) < 4.78 is 9.55. The molecule has 0 aliphatic carbocycles. The fraction of sp³-hybridized carbons (Fsp3) is 0.417. The first-order valence-corrected chi connectivity index (χ1v) is 5.83. The van der Waals surface area contributed by atoms with E-state index in [9.17, 15) is 14.4 Å². The zero-order valence-electron chi connectivity index (χ0n) is 11.1. The van der Waals surface area contributed by atoms with E-state index in [1.165, 1.54) is 26.4 Å². The van der Waals surface area contributed by atoms with E-state index in [0.29, 0.717) is 0 Å². The van der Waals surface area contributed by atoms with Crippen molar-refractivity contribution in [3.63, 3.8) is 0 Å². The number of hydrogen-bond acceptors (Lipinski definition) is 5. The number of amides is 2. The summed E-state index contributed by atoms with van der Waals surface area (Å²) in [5.41, 5.74) is 0. The van der Waals surface area contributed by atoms with Gasteiger partial charge in [-0.15, -0.1) is 0 Å². The Bertz CT molecular complexity index is 470. The molecule has 0 aliphatic rings. The summed E-state index contributed by atoms with van der Waals surface area (Å²) in [7, 11) is 1.23. The third-order valence-corrected chi connectivity index (χ3v) is 2.51. The molecule has 0 spiro atoms. The molecule has 1 aromatic heterocycles. The number of rotatable bonds is 7. The van der Waals surface area contributed by atoms with Crippen LogP contribution in [0.4, 0.5) is 0 Å². The third kappa shape index (κ3) is 4.39. The Kier molecular flexibility index (Phi) is 5.73. The van der Waals surface area contributed by atoms with Crippen LogP contribution in [0, 0.1) is 0 Å². The average Bonchev–Trinajstić information content (AvgIpc) is 2.92. The second-order valence-electron chi connectivity index (χ2n) is 3.98. The molecular weight excluding hydrogens is 268 g/mol. The van der Waals surface area contributed by atoms with Gasteiger partial charge < -0.3 is 24.9 Å². The number of hydrogen-bond donors (Lipinski definition) is 3. The molecule has 8 heteroatoms. The van der Waals surface area contributed by atoms with Gasteiger partial charge in [0.05, 0.1) is 12.8 Å². The van der Waals surface area contributed by atoms with Crippen LogP contribution in [0.5, 0.6) is 0 Å². The van der Waals surface area contributed by atoms with Gasteiger partial charge in [0.1, 0.15) is 6.04 Å². The Labute approximate surface area is 115 Å². The maximum Gasteiger partial charge on any atom is 0.334 e. The molecule has 0 saturated heterocycles. The minimum atomic E-state index is -1.18. The largest absolute Gasteiger partial charge is 0.479 e. The van der Waals surface area contributed by atoms with E-state index >= 15 is 0 Å². The van der Waals surface area contributed by atoms with Crippen LogP contribution in [-0.4, -0.2) is 48.7 Å². The lowest BCUT2D eigenvalue weighted by atomic mass is 10.2. The molecule has 1 heterocycles. The van der Waals surface area contributed by atoms with Crippen molar-refractivity contribution in [1.82, 2.24) is 10.6 Å². The van der Waals surface area contributed by atoms with Crippen LogP contribution in [-0.2, 0) is 14.3 Å². The molecule has 1 aromatic rings. The zero-order valence-corrected chi connectivity index (χ0v) is 11.1. The number of carboxylic acid groups (broad SMARTS) is 1. The average molecular weight is 284 g/mol. The zero-order chi connectivity index (χ0) is 15.1. The molecular formula is C12H16N2O6. The highest BCUT2D eigenvalue weighted by Crippen LogP contribution is 2.00. The summed E-state index contributed by atoms with van der Waals surface area (Å²) in [4.78, 5) is 34.0. The molecule has 0 fully saturated rings. The van der Waals surface area contributed by atoms with Crippen molar-refractivity contribution in [1.29, 1.82) is 0 Å². The molecule has 1 rings (SSSR count). The van der Waals surface area contributed by atoms with Crippen molar-refractivity contribution in [2.75, 3.05) is 13.7 Å². The molecule has 20 heavy (non-hydrogen) atoms. The highest BCUT2D eigenvalue weighted by atomic mass is 16.5. The van der Waals surface area contributed by atoms with E-state index < -0.39 is 29.9 Å². The van der Waals surface area contributed by atoms with Crippen LogP contribution >= 0.6 is 0 Å². The lowest BCUT2D eigenvalue weighted by Crippen LogP contribution is -2.47. The van der Waals surface area contributed by atoms with E-state index in [1.807, 2.05) is 0 Å². The molecule has 2 unspecified atom stereocenters. The minimum absolute atomic E-state index is 0.0879. The van der Waals surface area contributed by atoms with Gasteiger partial charge in [-0.05, 0) is 19.1 Å². The first kappa shape index (κ1) is 15.7. The SMILES string of the molecule is COC(CNC(=O)C(C)NC(=O)c1ccco1)C(=O)O. The number of carbonyl (C=O) groups is 3. The van der Waals surface area contributed by atoms with E-state index in [2.05, 4.69) is 15.4 Å². The third-order valence-electron chi connectivity index (χ3n) is 2.51. The molecule has 110 valence electrons. The lowest BCUT2D eigenvalue weighted by molar-refractivity contribution is -0.148. The number of aliphatic carboxylic acids is 1. The summed E-state index contributed by atoms with van der Waals surface area (Å²) in [6, 6.07) is 2.18. The van der Waals surface area contributed by atoms with Gasteiger partial charge in [0, 0.05) is 7.11 Å². The van der Waals surface area contributed by atoms with Crippen molar-refractivity contribution < 1.29 is 28.6 Å². The second kappa shape index (κ2) is 7.29. The maximum absolute atomic E-state index is 11.7. The van der Waals surface area contributed by atoms with Gasteiger partial charge in [-0.2, -0.15) is 0 Å². The Morgan fingerprint density at radius 3 is 2.65 bits per heavy atom. The fourth-order valence-electron chi connectivity index (χ4n) is 1.36. The molecule has 3 N–H and O–H groups in total. The van der Waals surface area contributed by atoms with Gasteiger partial charge in [-0.1, -0.05) is 0 Å². The number of furan rings is 1. The smallest absolute Gasteiger partial charge is 0.334 e. The number of methoxy groups -OCH3 is 1. The van der Waals surface area contributed by atoms with E-state index in [-0.39, 0.29) is 12.3 Å². The summed E-state index contributed by atoms with van der Waals surface area (Å²) >= 11 is 0.